The lowest BCUT2D eigenvalue weighted by atomic mass is 10.1. The highest BCUT2D eigenvalue weighted by Gasteiger charge is 1.92. The topological polar surface area (TPSA) is 0 Å². The summed E-state index contributed by atoms with van der Waals surface area (Å²) in [6, 6.07) is 16.6. The Balaban J connectivity index is 0.000000134. The van der Waals surface area contributed by atoms with Crippen molar-refractivity contribution in [3.63, 3.8) is 0 Å². The van der Waals surface area contributed by atoms with Crippen molar-refractivity contribution in [3.05, 3.63) is 59.7 Å². The van der Waals surface area contributed by atoms with Gasteiger partial charge in [0.1, 0.15) is 0 Å². The third-order valence-corrected chi connectivity index (χ3v) is 3.63. The second-order valence-electron chi connectivity index (χ2n) is 3.73. The van der Waals surface area contributed by atoms with Crippen molar-refractivity contribution in [2.45, 2.75) is 13.3 Å². The minimum absolute atomic E-state index is 1.01. The molecule has 3 rings (SSSR count). The molecule has 17 heavy (non-hydrogen) atoms. The van der Waals surface area contributed by atoms with Crippen LogP contribution in [0.2, 0.25) is 0 Å². The fourth-order valence-corrected chi connectivity index (χ4v) is 2.50. The van der Waals surface area contributed by atoms with Crippen molar-refractivity contribution < 1.29 is 0 Å². The zero-order chi connectivity index (χ0) is 12.1. The van der Waals surface area contributed by atoms with Crippen LogP contribution in [0.3, 0.4) is 0 Å². The van der Waals surface area contributed by atoms with Gasteiger partial charge in [0.2, 0.25) is 0 Å². The first-order chi connectivity index (χ1) is 8.33. The monoisotopic (exact) mass is 238 g/mol. The molecule has 84 valence electrons. The second-order valence-corrected chi connectivity index (χ2v) is 4.88. The maximum Gasteiger partial charge on any atom is 0.0277 e. The Morgan fingerprint density at radius 1 is 1.00 bits per heavy atom. The van der Waals surface area contributed by atoms with Crippen molar-refractivity contribution in [2.24, 2.45) is 0 Å². The molecule has 2 heterocycles. The Bertz CT molecular complexity index is 568. The average molecular weight is 238 g/mol. The number of hydrogen-bond acceptors (Lipinski definition) is 1. The van der Waals surface area contributed by atoms with Crippen LogP contribution in [0, 0.1) is 12.3 Å². The van der Waals surface area contributed by atoms with Gasteiger partial charge in [-0.25, -0.2) is 0 Å². The highest BCUT2D eigenvalue weighted by Crippen LogP contribution is 2.22. The Kier molecular flexibility index (Phi) is 3.80. The molecule has 0 nitrogen and oxygen atoms in total. The fraction of sp³-hybridized carbons (Fsp3) is 0.125. The van der Waals surface area contributed by atoms with Crippen molar-refractivity contribution in [3.8, 4) is 12.3 Å². The highest BCUT2D eigenvalue weighted by atomic mass is 32.1. The summed E-state index contributed by atoms with van der Waals surface area (Å²) < 4.78 is 2.77. The van der Waals surface area contributed by atoms with Crippen LogP contribution in [-0.4, -0.2) is 0 Å². The summed E-state index contributed by atoms with van der Waals surface area (Å²) >= 11 is 1.84. The maximum atomic E-state index is 5.28. The molecule has 0 saturated heterocycles. The van der Waals surface area contributed by atoms with Crippen LogP contribution in [0.15, 0.2) is 48.5 Å². The van der Waals surface area contributed by atoms with Gasteiger partial charge in [-0.05, 0) is 42.3 Å². The van der Waals surface area contributed by atoms with E-state index in [1.54, 1.807) is 0 Å². The zero-order valence-electron chi connectivity index (χ0n) is 9.81. The quantitative estimate of drug-likeness (QED) is 0.545. The summed E-state index contributed by atoms with van der Waals surface area (Å²) in [5.74, 6) is 2.65. The summed E-state index contributed by atoms with van der Waals surface area (Å²) in [6.45, 7) is 2.11. The number of fused-ring (bicyclic) bond motifs is 2. The SMILES string of the molecule is C#Cc1ccccc1CC.c1cc2ccc1s2. The Morgan fingerprint density at radius 2 is 1.59 bits per heavy atom. The first kappa shape index (κ1) is 11.7. The van der Waals surface area contributed by atoms with Crippen LogP contribution in [0.5, 0.6) is 0 Å². The number of terminal acetylenes is 1. The van der Waals surface area contributed by atoms with E-state index in [1.807, 2.05) is 29.5 Å². The molecule has 0 unspecified atom stereocenters. The number of aryl methyl sites for hydroxylation is 1. The average Bonchev–Trinajstić information content (AvgIpc) is 3.04. The van der Waals surface area contributed by atoms with E-state index in [-0.39, 0.29) is 0 Å². The van der Waals surface area contributed by atoms with Gasteiger partial charge in [0.25, 0.3) is 0 Å². The Labute approximate surface area is 106 Å². The zero-order valence-corrected chi connectivity index (χ0v) is 10.6. The van der Waals surface area contributed by atoms with Gasteiger partial charge < -0.3 is 0 Å². The largest absolute Gasteiger partial charge is 0.137 e. The fourth-order valence-electron chi connectivity index (χ4n) is 1.68. The molecule has 3 aromatic rings. The second kappa shape index (κ2) is 5.52. The third-order valence-electron chi connectivity index (χ3n) is 2.61. The van der Waals surface area contributed by atoms with Gasteiger partial charge in [0.15, 0.2) is 0 Å². The maximum absolute atomic E-state index is 5.28. The van der Waals surface area contributed by atoms with Gasteiger partial charge >= 0.3 is 0 Å². The molecule has 0 atom stereocenters. The van der Waals surface area contributed by atoms with E-state index in [0.29, 0.717) is 0 Å². The first-order valence-corrected chi connectivity index (χ1v) is 6.47. The van der Waals surface area contributed by atoms with Gasteiger partial charge in [-0.1, -0.05) is 31.0 Å². The highest BCUT2D eigenvalue weighted by molar-refractivity contribution is 7.24. The minimum atomic E-state index is 1.01. The summed E-state index contributed by atoms with van der Waals surface area (Å²) in [6.07, 6.45) is 6.29. The lowest BCUT2D eigenvalue weighted by molar-refractivity contribution is 1.13. The summed E-state index contributed by atoms with van der Waals surface area (Å²) in [7, 11) is 0. The van der Waals surface area contributed by atoms with Gasteiger partial charge in [-0.15, -0.1) is 17.8 Å². The van der Waals surface area contributed by atoms with Crippen LogP contribution in [-0.2, 0) is 6.42 Å². The molecular formula is C16H14S. The molecule has 0 spiro atoms. The van der Waals surface area contributed by atoms with E-state index in [4.69, 9.17) is 6.42 Å². The number of hydrogen-bond donors (Lipinski definition) is 0. The van der Waals surface area contributed by atoms with Crippen LogP contribution in [0.25, 0.3) is 9.40 Å². The molecule has 0 N–H and O–H groups in total. The number of thiophene rings is 2. The van der Waals surface area contributed by atoms with Crippen LogP contribution in [0.1, 0.15) is 18.1 Å². The van der Waals surface area contributed by atoms with Gasteiger partial charge in [0.05, 0.1) is 0 Å². The number of benzene rings is 2. The van der Waals surface area contributed by atoms with Crippen LogP contribution < -0.4 is 0 Å². The molecule has 0 saturated carbocycles. The normalized spacial score (nSPS) is 9.65. The van der Waals surface area contributed by atoms with E-state index in [9.17, 15) is 0 Å². The van der Waals surface area contributed by atoms with E-state index in [0.717, 1.165) is 12.0 Å². The van der Waals surface area contributed by atoms with Crippen LogP contribution in [0.4, 0.5) is 0 Å². The lowest BCUT2D eigenvalue weighted by Crippen LogP contribution is -1.84. The lowest BCUT2D eigenvalue weighted by Gasteiger charge is -1.97. The molecule has 0 aliphatic rings. The van der Waals surface area contributed by atoms with Crippen molar-refractivity contribution >= 4 is 20.7 Å². The first-order valence-electron chi connectivity index (χ1n) is 5.66. The molecule has 0 radical (unpaired) electrons. The molecule has 2 bridgehead atoms. The Hall–Kier alpha value is -1.78. The Morgan fingerprint density at radius 3 is 1.94 bits per heavy atom. The molecule has 0 fully saturated rings. The summed E-state index contributed by atoms with van der Waals surface area (Å²) in [5.41, 5.74) is 2.27. The van der Waals surface area contributed by atoms with Gasteiger partial charge in [-0.2, -0.15) is 0 Å². The van der Waals surface area contributed by atoms with Crippen molar-refractivity contribution in [2.75, 3.05) is 0 Å². The van der Waals surface area contributed by atoms with Crippen molar-refractivity contribution in [1.82, 2.24) is 0 Å². The molecular weight excluding hydrogens is 224 g/mol. The van der Waals surface area contributed by atoms with Crippen LogP contribution >= 0.6 is 11.3 Å². The smallest absolute Gasteiger partial charge is 0.0277 e. The third kappa shape index (κ3) is 2.87. The van der Waals surface area contributed by atoms with E-state index >= 15 is 0 Å². The minimum Gasteiger partial charge on any atom is -0.137 e. The molecule has 1 aromatic carbocycles. The van der Waals surface area contributed by atoms with E-state index < -0.39 is 0 Å². The van der Waals surface area contributed by atoms with E-state index in [1.165, 1.54) is 15.0 Å². The predicted octanol–water partition coefficient (Wildman–Crippen LogP) is 4.57. The van der Waals surface area contributed by atoms with Crippen molar-refractivity contribution in [1.29, 1.82) is 0 Å². The summed E-state index contributed by atoms with van der Waals surface area (Å²) in [4.78, 5) is 0. The van der Waals surface area contributed by atoms with Gasteiger partial charge in [0, 0.05) is 15.0 Å². The predicted molar refractivity (Wildman–Crippen MR) is 76.8 cm³/mol. The molecule has 2 aromatic heterocycles. The number of rotatable bonds is 1. The van der Waals surface area contributed by atoms with E-state index in [2.05, 4.69) is 43.2 Å². The molecule has 0 aliphatic heterocycles. The summed E-state index contributed by atoms with van der Waals surface area (Å²) in [5, 5.41) is 0. The van der Waals surface area contributed by atoms with Gasteiger partial charge in [-0.3, -0.25) is 0 Å². The molecule has 0 aliphatic carbocycles. The molecule has 1 heteroatoms. The standard InChI is InChI=1S/C10H10.C6H4S/c1-3-9-7-5-6-8-10(9)4-2;1-2-6-4-3-5(1)7-6/h1,5-8H,4H2,2H3;1-4H. The molecule has 0 amide bonds.